The van der Waals surface area contributed by atoms with E-state index in [1.807, 2.05) is 0 Å². The molecular weight excluding hydrogens is 238 g/mol. The third kappa shape index (κ3) is 4.17. The lowest BCUT2D eigenvalue weighted by molar-refractivity contribution is -0.136. The fraction of sp³-hybridized carbons (Fsp3) is 1.00. The number of aliphatic hydroxyl groups excluding tert-OH is 1. The second-order valence-corrected chi connectivity index (χ2v) is 8.12. The molecule has 0 aromatic rings. The van der Waals surface area contributed by atoms with Crippen molar-refractivity contribution in [1.82, 2.24) is 4.90 Å². The zero-order valence-electron chi connectivity index (χ0n) is 13.3. The molecular formula is C16H31NO2. The molecule has 0 spiro atoms. The molecule has 1 saturated heterocycles. The Kier molecular flexibility index (Phi) is 4.29. The average Bonchev–Trinajstić information content (AvgIpc) is 2.20. The van der Waals surface area contributed by atoms with E-state index in [9.17, 15) is 5.11 Å². The topological polar surface area (TPSA) is 32.7 Å². The fourth-order valence-corrected chi connectivity index (χ4v) is 3.96. The van der Waals surface area contributed by atoms with Gasteiger partial charge in [-0.3, -0.25) is 4.90 Å². The minimum atomic E-state index is -0.116. The van der Waals surface area contributed by atoms with Gasteiger partial charge in [0.2, 0.25) is 0 Å². The molecule has 1 saturated carbocycles. The molecule has 19 heavy (non-hydrogen) atoms. The molecule has 1 aliphatic heterocycles. The highest BCUT2D eigenvalue weighted by Crippen LogP contribution is 2.39. The Morgan fingerprint density at radius 1 is 1.26 bits per heavy atom. The van der Waals surface area contributed by atoms with Gasteiger partial charge in [0.25, 0.3) is 0 Å². The molecule has 2 fully saturated rings. The van der Waals surface area contributed by atoms with Crippen LogP contribution in [0.5, 0.6) is 0 Å². The van der Waals surface area contributed by atoms with E-state index >= 15 is 0 Å². The molecule has 1 aliphatic carbocycles. The van der Waals surface area contributed by atoms with Crippen LogP contribution >= 0.6 is 0 Å². The van der Waals surface area contributed by atoms with E-state index in [1.54, 1.807) is 0 Å². The summed E-state index contributed by atoms with van der Waals surface area (Å²) in [6.07, 6.45) is 3.42. The second-order valence-electron chi connectivity index (χ2n) is 8.12. The van der Waals surface area contributed by atoms with Gasteiger partial charge >= 0.3 is 0 Å². The standard InChI is InChI=1S/C16H31NO2/c1-12-9-17(11-16(4,5)19-12)10-13-8-15(2,3)7-6-14(13)18/h12-14,18H,6-11H2,1-5H3. The van der Waals surface area contributed by atoms with Gasteiger partial charge in [-0.25, -0.2) is 0 Å². The van der Waals surface area contributed by atoms with Crippen LogP contribution < -0.4 is 0 Å². The molecule has 3 unspecified atom stereocenters. The first-order valence-electron chi connectivity index (χ1n) is 7.75. The van der Waals surface area contributed by atoms with Crippen molar-refractivity contribution in [2.75, 3.05) is 19.6 Å². The minimum Gasteiger partial charge on any atom is -0.393 e. The van der Waals surface area contributed by atoms with Crippen molar-refractivity contribution in [3.05, 3.63) is 0 Å². The molecule has 0 aromatic heterocycles. The zero-order chi connectivity index (χ0) is 14.3. The predicted molar refractivity (Wildman–Crippen MR) is 78.2 cm³/mol. The van der Waals surface area contributed by atoms with Crippen molar-refractivity contribution in [3.63, 3.8) is 0 Å². The number of morpholine rings is 1. The van der Waals surface area contributed by atoms with Crippen LogP contribution in [0.4, 0.5) is 0 Å². The third-order valence-electron chi connectivity index (χ3n) is 4.61. The molecule has 3 nitrogen and oxygen atoms in total. The first-order valence-corrected chi connectivity index (χ1v) is 7.75. The Labute approximate surface area is 118 Å². The highest BCUT2D eigenvalue weighted by Gasteiger charge is 2.37. The quantitative estimate of drug-likeness (QED) is 0.836. The molecule has 0 amide bonds. The van der Waals surface area contributed by atoms with E-state index in [1.165, 1.54) is 0 Å². The molecule has 1 N–H and O–H groups in total. The molecule has 3 heteroatoms. The van der Waals surface area contributed by atoms with Crippen LogP contribution in [-0.2, 0) is 4.74 Å². The Morgan fingerprint density at radius 2 is 1.95 bits per heavy atom. The van der Waals surface area contributed by atoms with Gasteiger partial charge in [0.05, 0.1) is 17.8 Å². The largest absolute Gasteiger partial charge is 0.393 e. The minimum absolute atomic E-state index is 0.0627. The van der Waals surface area contributed by atoms with Crippen molar-refractivity contribution < 1.29 is 9.84 Å². The lowest BCUT2D eigenvalue weighted by atomic mass is 9.70. The van der Waals surface area contributed by atoms with Crippen LogP contribution in [-0.4, -0.2) is 47.4 Å². The normalized spacial score (nSPS) is 39.2. The van der Waals surface area contributed by atoms with Crippen LogP contribution in [0.2, 0.25) is 0 Å². The Balaban J connectivity index is 1.95. The van der Waals surface area contributed by atoms with Crippen molar-refractivity contribution >= 4 is 0 Å². The summed E-state index contributed by atoms with van der Waals surface area (Å²) in [6, 6.07) is 0. The summed E-state index contributed by atoms with van der Waals surface area (Å²) >= 11 is 0. The lowest BCUT2D eigenvalue weighted by Crippen LogP contribution is -2.54. The second kappa shape index (κ2) is 5.34. The number of aliphatic hydroxyl groups is 1. The Morgan fingerprint density at radius 3 is 2.58 bits per heavy atom. The van der Waals surface area contributed by atoms with Gasteiger partial charge in [0.1, 0.15) is 0 Å². The maximum absolute atomic E-state index is 10.3. The molecule has 0 radical (unpaired) electrons. The van der Waals surface area contributed by atoms with E-state index < -0.39 is 0 Å². The third-order valence-corrected chi connectivity index (χ3v) is 4.61. The Hall–Kier alpha value is -0.120. The van der Waals surface area contributed by atoms with Gasteiger partial charge in [0, 0.05) is 19.6 Å². The summed E-state index contributed by atoms with van der Waals surface area (Å²) in [4.78, 5) is 2.49. The van der Waals surface area contributed by atoms with E-state index in [4.69, 9.17) is 4.74 Å². The maximum Gasteiger partial charge on any atom is 0.0757 e. The number of hydrogen-bond acceptors (Lipinski definition) is 3. The van der Waals surface area contributed by atoms with Gasteiger partial charge < -0.3 is 9.84 Å². The predicted octanol–water partition coefficient (Wildman–Crippen LogP) is 2.67. The monoisotopic (exact) mass is 269 g/mol. The maximum atomic E-state index is 10.3. The summed E-state index contributed by atoms with van der Waals surface area (Å²) < 4.78 is 5.96. The molecule has 2 aliphatic rings. The zero-order valence-corrected chi connectivity index (χ0v) is 13.3. The first kappa shape index (κ1) is 15.3. The summed E-state index contributed by atoms with van der Waals surface area (Å²) in [5, 5.41) is 10.3. The number of ether oxygens (including phenoxy) is 1. The fourth-order valence-electron chi connectivity index (χ4n) is 3.96. The summed E-state index contributed by atoms with van der Waals surface area (Å²) in [5.74, 6) is 0.421. The van der Waals surface area contributed by atoms with Crippen LogP contribution in [0.15, 0.2) is 0 Å². The van der Waals surface area contributed by atoms with E-state index in [2.05, 4.69) is 39.5 Å². The van der Waals surface area contributed by atoms with Gasteiger partial charge in [-0.1, -0.05) is 13.8 Å². The number of rotatable bonds is 2. The molecule has 0 aromatic carbocycles. The lowest BCUT2D eigenvalue weighted by Gasteiger charge is -2.45. The van der Waals surface area contributed by atoms with E-state index in [-0.39, 0.29) is 17.8 Å². The van der Waals surface area contributed by atoms with Crippen LogP contribution in [0, 0.1) is 11.3 Å². The van der Waals surface area contributed by atoms with E-state index in [0.717, 1.165) is 38.9 Å². The van der Waals surface area contributed by atoms with Crippen LogP contribution in [0.3, 0.4) is 0 Å². The van der Waals surface area contributed by atoms with Gasteiger partial charge in [-0.05, 0) is 51.4 Å². The SMILES string of the molecule is CC1CN(CC2CC(C)(C)CCC2O)CC(C)(C)O1. The molecule has 2 rings (SSSR count). The summed E-state index contributed by atoms with van der Waals surface area (Å²) in [5.41, 5.74) is 0.324. The van der Waals surface area contributed by atoms with Gasteiger partial charge in [-0.2, -0.15) is 0 Å². The van der Waals surface area contributed by atoms with Crippen molar-refractivity contribution in [2.45, 2.75) is 71.7 Å². The molecule has 0 bridgehead atoms. The summed E-state index contributed by atoms with van der Waals surface area (Å²) in [7, 11) is 0. The van der Waals surface area contributed by atoms with Crippen LogP contribution in [0.25, 0.3) is 0 Å². The van der Waals surface area contributed by atoms with Crippen LogP contribution in [0.1, 0.15) is 53.9 Å². The highest BCUT2D eigenvalue weighted by atomic mass is 16.5. The average molecular weight is 269 g/mol. The first-order chi connectivity index (χ1) is 8.67. The number of hydrogen-bond donors (Lipinski definition) is 1. The van der Waals surface area contributed by atoms with Crippen molar-refractivity contribution in [1.29, 1.82) is 0 Å². The molecule has 1 heterocycles. The smallest absolute Gasteiger partial charge is 0.0757 e. The van der Waals surface area contributed by atoms with Gasteiger partial charge in [0.15, 0.2) is 0 Å². The highest BCUT2D eigenvalue weighted by molar-refractivity contribution is 4.89. The summed E-state index contributed by atoms with van der Waals surface area (Å²) in [6.45, 7) is 14.1. The van der Waals surface area contributed by atoms with Crippen molar-refractivity contribution in [3.8, 4) is 0 Å². The van der Waals surface area contributed by atoms with Crippen molar-refractivity contribution in [2.24, 2.45) is 11.3 Å². The number of nitrogens with zero attached hydrogens (tertiary/aromatic N) is 1. The van der Waals surface area contributed by atoms with E-state index in [0.29, 0.717) is 11.3 Å². The van der Waals surface area contributed by atoms with Gasteiger partial charge in [-0.15, -0.1) is 0 Å². The Bertz CT molecular complexity index is 314. The molecule has 3 atom stereocenters. The molecule has 112 valence electrons.